The maximum absolute atomic E-state index is 4.43. The molecule has 5 heteroatoms. The quantitative estimate of drug-likeness (QED) is 0.778. The Morgan fingerprint density at radius 1 is 0.944 bits per heavy atom. The number of nitrogens with one attached hydrogen (secondary N) is 1. The molecule has 18 heavy (non-hydrogen) atoms. The summed E-state index contributed by atoms with van der Waals surface area (Å²) >= 11 is 1.55. The lowest BCUT2D eigenvalue weighted by molar-refractivity contribution is 1.16. The zero-order chi connectivity index (χ0) is 12.2. The zero-order valence-corrected chi connectivity index (χ0v) is 10.3. The predicted molar refractivity (Wildman–Crippen MR) is 72.9 cm³/mol. The van der Waals surface area contributed by atoms with Crippen LogP contribution in [-0.2, 0) is 0 Å². The maximum atomic E-state index is 4.43. The molecule has 2 aromatic heterocycles. The van der Waals surface area contributed by atoms with Crippen molar-refractivity contribution in [2.75, 3.05) is 5.32 Å². The molecule has 0 bridgehead atoms. The maximum Gasteiger partial charge on any atom is 0.227 e. The van der Waals surface area contributed by atoms with Crippen LogP contribution in [0.25, 0.3) is 11.4 Å². The van der Waals surface area contributed by atoms with Gasteiger partial charge in [0.2, 0.25) is 5.95 Å². The fourth-order valence-corrected chi connectivity index (χ4v) is 2.10. The average molecular weight is 254 g/mol. The van der Waals surface area contributed by atoms with Gasteiger partial charge in [0.05, 0.1) is 16.9 Å². The Morgan fingerprint density at radius 2 is 1.83 bits per heavy atom. The summed E-state index contributed by atoms with van der Waals surface area (Å²) in [5, 5.41) is 5.13. The van der Waals surface area contributed by atoms with Crippen LogP contribution in [0.4, 0.5) is 11.6 Å². The van der Waals surface area contributed by atoms with Crippen molar-refractivity contribution in [3.05, 3.63) is 53.5 Å². The van der Waals surface area contributed by atoms with E-state index in [9.17, 15) is 0 Å². The van der Waals surface area contributed by atoms with Crippen molar-refractivity contribution in [2.45, 2.75) is 0 Å². The number of hydrogen-bond donors (Lipinski definition) is 1. The molecular formula is C13H10N4S. The van der Waals surface area contributed by atoms with E-state index >= 15 is 0 Å². The second-order valence-corrected chi connectivity index (χ2v) is 4.35. The van der Waals surface area contributed by atoms with E-state index < -0.39 is 0 Å². The molecule has 3 aromatic rings. The molecular weight excluding hydrogens is 244 g/mol. The van der Waals surface area contributed by atoms with E-state index in [2.05, 4.69) is 20.3 Å². The van der Waals surface area contributed by atoms with Crippen molar-refractivity contribution < 1.29 is 0 Å². The molecule has 0 aliphatic carbocycles. The largest absolute Gasteiger partial charge is 0.324 e. The average Bonchev–Trinajstić information content (AvgIpc) is 2.94. The SMILES string of the molecule is c1ccc(Nc2nccc(-c3cscn3)n2)cc1. The number of benzene rings is 1. The third-order valence-electron chi connectivity index (χ3n) is 2.38. The van der Waals surface area contributed by atoms with E-state index in [1.807, 2.05) is 41.8 Å². The van der Waals surface area contributed by atoms with Crippen LogP contribution in [0.1, 0.15) is 0 Å². The minimum absolute atomic E-state index is 0.576. The molecule has 0 atom stereocenters. The van der Waals surface area contributed by atoms with Gasteiger partial charge < -0.3 is 5.32 Å². The lowest BCUT2D eigenvalue weighted by atomic mass is 10.3. The summed E-state index contributed by atoms with van der Waals surface area (Å²) in [6, 6.07) is 11.7. The lowest BCUT2D eigenvalue weighted by Gasteiger charge is -2.04. The second-order valence-electron chi connectivity index (χ2n) is 3.63. The third kappa shape index (κ3) is 2.36. The number of para-hydroxylation sites is 1. The molecule has 0 aliphatic heterocycles. The molecule has 0 amide bonds. The Labute approximate surface area is 108 Å². The van der Waals surface area contributed by atoms with Gasteiger partial charge in [0, 0.05) is 17.3 Å². The summed E-state index contributed by atoms with van der Waals surface area (Å²) in [5.41, 5.74) is 4.46. The van der Waals surface area contributed by atoms with Crippen molar-refractivity contribution in [3.8, 4) is 11.4 Å². The lowest BCUT2D eigenvalue weighted by Crippen LogP contribution is -1.97. The predicted octanol–water partition coefficient (Wildman–Crippen LogP) is 3.34. The van der Waals surface area contributed by atoms with Crippen LogP contribution in [0, 0.1) is 0 Å². The number of nitrogens with zero attached hydrogens (tertiary/aromatic N) is 3. The molecule has 0 saturated carbocycles. The zero-order valence-electron chi connectivity index (χ0n) is 9.45. The van der Waals surface area contributed by atoms with E-state index in [1.54, 1.807) is 23.0 Å². The van der Waals surface area contributed by atoms with Crippen LogP contribution in [0.15, 0.2) is 53.5 Å². The van der Waals surface area contributed by atoms with Crippen LogP contribution in [0.2, 0.25) is 0 Å². The normalized spacial score (nSPS) is 10.2. The molecule has 0 spiro atoms. The Kier molecular flexibility index (Phi) is 2.97. The number of thiazole rings is 1. The molecule has 1 aromatic carbocycles. The molecule has 0 radical (unpaired) electrons. The number of anilines is 2. The molecule has 2 heterocycles. The highest BCUT2D eigenvalue weighted by Crippen LogP contribution is 2.18. The first-order valence-corrected chi connectivity index (χ1v) is 6.40. The summed E-state index contributed by atoms with van der Waals surface area (Å²) in [6.07, 6.45) is 1.73. The molecule has 0 aliphatic rings. The number of rotatable bonds is 3. The van der Waals surface area contributed by atoms with Gasteiger partial charge in [0.25, 0.3) is 0 Å². The van der Waals surface area contributed by atoms with Gasteiger partial charge in [-0.25, -0.2) is 15.0 Å². The van der Waals surface area contributed by atoms with E-state index in [4.69, 9.17) is 0 Å². The highest BCUT2D eigenvalue weighted by molar-refractivity contribution is 7.07. The molecule has 0 saturated heterocycles. The summed E-state index contributed by atoms with van der Waals surface area (Å²) < 4.78 is 0. The van der Waals surface area contributed by atoms with Gasteiger partial charge in [-0.15, -0.1) is 11.3 Å². The number of aromatic nitrogens is 3. The van der Waals surface area contributed by atoms with Crippen LogP contribution >= 0.6 is 11.3 Å². The Morgan fingerprint density at radius 3 is 2.61 bits per heavy atom. The summed E-state index contributed by atoms with van der Waals surface area (Å²) in [4.78, 5) is 12.9. The standard InChI is InChI=1S/C13H10N4S/c1-2-4-10(5-3-1)16-13-14-7-6-11(17-13)12-8-18-9-15-12/h1-9H,(H,14,16,17). The van der Waals surface area contributed by atoms with Gasteiger partial charge in [-0.2, -0.15) is 0 Å². The number of hydrogen-bond acceptors (Lipinski definition) is 5. The highest BCUT2D eigenvalue weighted by atomic mass is 32.1. The first-order valence-electron chi connectivity index (χ1n) is 5.45. The van der Waals surface area contributed by atoms with Crippen LogP contribution in [0.3, 0.4) is 0 Å². The second kappa shape index (κ2) is 4.93. The summed E-state index contributed by atoms with van der Waals surface area (Å²) in [5.74, 6) is 0.576. The van der Waals surface area contributed by atoms with E-state index in [0.29, 0.717) is 5.95 Å². The molecule has 4 nitrogen and oxygen atoms in total. The van der Waals surface area contributed by atoms with Crippen molar-refractivity contribution in [1.82, 2.24) is 15.0 Å². The minimum Gasteiger partial charge on any atom is -0.324 e. The fourth-order valence-electron chi connectivity index (χ4n) is 1.55. The first-order chi connectivity index (χ1) is 8.92. The van der Waals surface area contributed by atoms with Gasteiger partial charge in [-0.05, 0) is 18.2 Å². The van der Waals surface area contributed by atoms with Gasteiger partial charge in [0.1, 0.15) is 0 Å². The molecule has 0 unspecified atom stereocenters. The molecule has 0 fully saturated rings. The van der Waals surface area contributed by atoms with Crippen molar-refractivity contribution in [2.24, 2.45) is 0 Å². The van der Waals surface area contributed by atoms with Gasteiger partial charge in [-0.1, -0.05) is 18.2 Å². The Bertz CT molecular complexity index is 623. The van der Waals surface area contributed by atoms with Gasteiger partial charge >= 0.3 is 0 Å². The Hall–Kier alpha value is -2.27. The van der Waals surface area contributed by atoms with E-state index in [-0.39, 0.29) is 0 Å². The van der Waals surface area contributed by atoms with Crippen molar-refractivity contribution >= 4 is 23.0 Å². The summed E-state index contributed by atoms with van der Waals surface area (Å²) in [6.45, 7) is 0. The Balaban J connectivity index is 1.88. The highest BCUT2D eigenvalue weighted by Gasteiger charge is 2.03. The third-order valence-corrected chi connectivity index (χ3v) is 2.97. The van der Waals surface area contributed by atoms with Crippen molar-refractivity contribution in [1.29, 1.82) is 0 Å². The monoisotopic (exact) mass is 254 g/mol. The van der Waals surface area contributed by atoms with Gasteiger partial charge in [-0.3, -0.25) is 0 Å². The first kappa shape index (κ1) is 10.9. The molecule has 3 rings (SSSR count). The minimum atomic E-state index is 0.576. The van der Waals surface area contributed by atoms with Gasteiger partial charge in [0.15, 0.2) is 0 Å². The van der Waals surface area contributed by atoms with E-state index in [1.165, 1.54) is 0 Å². The summed E-state index contributed by atoms with van der Waals surface area (Å²) in [7, 11) is 0. The van der Waals surface area contributed by atoms with Crippen molar-refractivity contribution in [3.63, 3.8) is 0 Å². The fraction of sp³-hybridized carbons (Fsp3) is 0. The van der Waals surface area contributed by atoms with E-state index in [0.717, 1.165) is 17.1 Å². The molecule has 1 N–H and O–H groups in total. The molecule has 88 valence electrons. The van der Waals surface area contributed by atoms with Crippen LogP contribution in [-0.4, -0.2) is 15.0 Å². The van der Waals surface area contributed by atoms with Crippen LogP contribution < -0.4 is 5.32 Å². The topological polar surface area (TPSA) is 50.7 Å². The van der Waals surface area contributed by atoms with Crippen LogP contribution in [0.5, 0.6) is 0 Å². The smallest absolute Gasteiger partial charge is 0.227 e.